The van der Waals surface area contributed by atoms with Crippen molar-refractivity contribution in [2.45, 2.75) is 25.4 Å². The molecule has 0 saturated carbocycles. The molecule has 8 nitrogen and oxygen atoms in total. The number of carbonyl (C=O) groups is 2. The van der Waals surface area contributed by atoms with E-state index in [1.54, 1.807) is 11.9 Å². The van der Waals surface area contributed by atoms with Gasteiger partial charge in [-0.25, -0.2) is 9.48 Å². The highest BCUT2D eigenvalue weighted by atomic mass is 16.4. The number of aromatic nitrogens is 3. The fraction of sp³-hybridized carbons (Fsp3) is 0.667. The molecule has 1 N–H and O–H groups in total. The summed E-state index contributed by atoms with van der Waals surface area (Å²) in [5.41, 5.74) is -0.157. The Labute approximate surface area is 117 Å². The topological polar surface area (TPSA) is 91.6 Å². The number of amides is 1. The summed E-state index contributed by atoms with van der Waals surface area (Å²) in [4.78, 5) is 26.7. The zero-order valence-corrected chi connectivity index (χ0v) is 11.7. The van der Waals surface area contributed by atoms with E-state index >= 15 is 0 Å². The van der Waals surface area contributed by atoms with Gasteiger partial charge in [-0.15, -0.1) is 5.10 Å². The van der Waals surface area contributed by atoms with Gasteiger partial charge in [0, 0.05) is 19.6 Å². The maximum atomic E-state index is 12.1. The number of hydrogen-bond donors (Lipinski definition) is 1. The van der Waals surface area contributed by atoms with E-state index in [4.69, 9.17) is 5.11 Å². The Bertz CT molecular complexity index is 501. The minimum Gasteiger partial charge on any atom is -0.476 e. The van der Waals surface area contributed by atoms with Crippen molar-refractivity contribution in [1.82, 2.24) is 24.8 Å². The zero-order chi connectivity index (χ0) is 14.7. The van der Waals surface area contributed by atoms with E-state index in [9.17, 15) is 9.59 Å². The lowest BCUT2D eigenvalue weighted by Crippen LogP contribution is -2.40. The van der Waals surface area contributed by atoms with E-state index in [-0.39, 0.29) is 18.1 Å². The second-order valence-electron chi connectivity index (χ2n) is 5.16. The minimum absolute atomic E-state index is 0.00716. The number of aromatic carboxylic acids is 1. The van der Waals surface area contributed by atoms with Crippen LogP contribution in [0.1, 0.15) is 23.3 Å². The summed E-state index contributed by atoms with van der Waals surface area (Å²) in [6.07, 6.45) is 3.52. The van der Waals surface area contributed by atoms with Crippen LogP contribution in [0, 0.1) is 0 Å². The van der Waals surface area contributed by atoms with Crippen LogP contribution in [0.5, 0.6) is 0 Å². The van der Waals surface area contributed by atoms with Gasteiger partial charge in [0.15, 0.2) is 5.69 Å². The minimum atomic E-state index is -1.15. The Kier molecular flexibility index (Phi) is 4.33. The Morgan fingerprint density at radius 2 is 2.30 bits per heavy atom. The van der Waals surface area contributed by atoms with Gasteiger partial charge in [-0.1, -0.05) is 5.21 Å². The third kappa shape index (κ3) is 3.32. The molecule has 0 aromatic carbocycles. The van der Waals surface area contributed by atoms with Crippen molar-refractivity contribution in [2.24, 2.45) is 0 Å². The van der Waals surface area contributed by atoms with Gasteiger partial charge in [-0.05, 0) is 26.4 Å². The predicted molar refractivity (Wildman–Crippen MR) is 70.3 cm³/mol. The lowest BCUT2D eigenvalue weighted by Gasteiger charge is -2.25. The van der Waals surface area contributed by atoms with Gasteiger partial charge in [0.25, 0.3) is 0 Å². The Balaban J connectivity index is 1.88. The molecule has 0 bridgehead atoms. The molecular formula is C12H19N5O3. The summed E-state index contributed by atoms with van der Waals surface area (Å²) in [7, 11) is 3.82. The van der Waals surface area contributed by atoms with Crippen molar-refractivity contribution in [2.75, 3.05) is 27.2 Å². The van der Waals surface area contributed by atoms with Crippen LogP contribution < -0.4 is 0 Å². The second kappa shape index (κ2) is 6.00. The number of carboxylic acids is 1. The molecule has 1 aromatic rings. The first-order chi connectivity index (χ1) is 9.47. The third-order valence-electron chi connectivity index (χ3n) is 3.64. The molecule has 1 amide bonds. The van der Waals surface area contributed by atoms with Crippen molar-refractivity contribution in [3.8, 4) is 0 Å². The normalized spacial score (nSPS) is 19.2. The molecule has 2 rings (SSSR count). The highest BCUT2D eigenvalue weighted by Crippen LogP contribution is 2.15. The molecule has 110 valence electrons. The molecule has 0 radical (unpaired) electrons. The lowest BCUT2D eigenvalue weighted by molar-refractivity contribution is -0.131. The predicted octanol–water partition coefficient (Wildman–Crippen LogP) is -0.471. The van der Waals surface area contributed by atoms with Gasteiger partial charge >= 0.3 is 5.97 Å². The van der Waals surface area contributed by atoms with E-state index in [1.165, 1.54) is 10.9 Å². The first kappa shape index (κ1) is 14.4. The monoisotopic (exact) mass is 281 g/mol. The van der Waals surface area contributed by atoms with Crippen LogP contribution in [0.25, 0.3) is 0 Å². The number of carbonyl (C=O) groups excluding carboxylic acids is 1. The van der Waals surface area contributed by atoms with E-state index in [0.29, 0.717) is 12.6 Å². The molecule has 2 heterocycles. The van der Waals surface area contributed by atoms with Crippen LogP contribution in [-0.4, -0.2) is 75.0 Å². The number of carboxylic acid groups (broad SMARTS) is 1. The molecule has 8 heteroatoms. The van der Waals surface area contributed by atoms with Gasteiger partial charge < -0.3 is 14.9 Å². The summed E-state index contributed by atoms with van der Waals surface area (Å²) in [6, 6.07) is 0.397. The molecule has 0 aliphatic carbocycles. The lowest BCUT2D eigenvalue weighted by atomic mass is 10.2. The molecular weight excluding hydrogens is 262 g/mol. The smallest absolute Gasteiger partial charge is 0.358 e. The van der Waals surface area contributed by atoms with Gasteiger partial charge in [-0.3, -0.25) is 4.79 Å². The van der Waals surface area contributed by atoms with E-state index in [0.717, 1.165) is 19.4 Å². The van der Waals surface area contributed by atoms with Crippen LogP contribution in [-0.2, 0) is 11.3 Å². The van der Waals surface area contributed by atoms with E-state index in [2.05, 4.69) is 22.3 Å². The summed E-state index contributed by atoms with van der Waals surface area (Å²) >= 11 is 0. The second-order valence-corrected chi connectivity index (χ2v) is 5.16. The molecule has 1 saturated heterocycles. The number of hydrogen-bond acceptors (Lipinski definition) is 5. The number of likely N-dealkylation sites (N-methyl/N-ethyl adjacent to an activating group) is 2. The van der Waals surface area contributed by atoms with E-state index < -0.39 is 5.97 Å². The van der Waals surface area contributed by atoms with Crippen molar-refractivity contribution in [3.63, 3.8) is 0 Å². The summed E-state index contributed by atoms with van der Waals surface area (Å²) < 4.78 is 1.25. The zero-order valence-electron chi connectivity index (χ0n) is 11.7. The Morgan fingerprint density at radius 1 is 1.55 bits per heavy atom. The Hall–Kier alpha value is -1.96. The largest absolute Gasteiger partial charge is 0.476 e. The van der Waals surface area contributed by atoms with Crippen molar-refractivity contribution < 1.29 is 14.7 Å². The summed E-state index contributed by atoms with van der Waals surface area (Å²) in [5.74, 6) is -1.25. The molecule has 0 spiro atoms. The SMILES string of the molecule is CN(CC1CCCN1C)C(=O)Cn1cc(C(=O)O)nn1. The number of likely N-dealkylation sites (tertiary alicyclic amines) is 1. The first-order valence-corrected chi connectivity index (χ1v) is 6.55. The van der Waals surface area contributed by atoms with E-state index in [1.807, 2.05) is 0 Å². The van der Waals surface area contributed by atoms with Crippen LogP contribution in [0.4, 0.5) is 0 Å². The van der Waals surface area contributed by atoms with Crippen molar-refractivity contribution in [1.29, 1.82) is 0 Å². The molecule has 1 aromatic heterocycles. The number of rotatable bonds is 5. The highest BCUT2D eigenvalue weighted by molar-refractivity contribution is 5.84. The Morgan fingerprint density at radius 3 is 2.85 bits per heavy atom. The van der Waals surface area contributed by atoms with Crippen LogP contribution in [0.2, 0.25) is 0 Å². The first-order valence-electron chi connectivity index (χ1n) is 6.55. The molecule has 1 aliphatic heterocycles. The standard InChI is InChI=1S/C12H19N5O3/c1-15-5-3-4-9(15)6-16(2)11(18)8-17-7-10(12(19)20)13-14-17/h7,9H,3-6,8H2,1-2H3,(H,19,20). The molecule has 1 aliphatic rings. The maximum Gasteiger partial charge on any atom is 0.358 e. The van der Waals surface area contributed by atoms with Gasteiger partial charge in [0.05, 0.1) is 6.20 Å². The van der Waals surface area contributed by atoms with Crippen molar-refractivity contribution in [3.05, 3.63) is 11.9 Å². The summed E-state index contributed by atoms with van der Waals surface area (Å²) in [5, 5.41) is 15.9. The average Bonchev–Trinajstić information content (AvgIpc) is 2.99. The molecule has 1 fully saturated rings. The molecule has 1 atom stereocenters. The van der Waals surface area contributed by atoms with Gasteiger partial charge in [0.2, 0.25) is 5.91 Å². The highest BCUT2D eigenvalue weighted by Gasteiger charge is 2.24. The van der Waals surface area contributed by atoms with Gasteiger partial charge in [-0.2, -0.15) is 0 Å². The number of nitrogens with zero attached hydrogens (tertiary/aromatic N) is 5. The van der Waals surface area contributed by atoms with Gasteiger partial charge in [0.1, 0.15) is 6.54 Å². The maximum absolute atomic E-state index is 12.1. The van der Waals surface area contributed by atoms with Crippen LogP contribution in [0.3, 0.4) is 0 Å². The van der Waals surface area contributed by atoms with Crippen LogP contribution in [0.15, 0.2) is 6.20 Å². The molecule has 1 unspecified atom stereocenters. The molecule has 20 heavy (non-hydrogen) atoms. The fourth-order valence-corrected chi connectivity index (χ4v) is 2.36. The quantitative estimate of drug-likeness (QED) is 0.784. The van der Waals surface area contributed by atoms with Crippen molar-refractivity contribution >= 4 is 11.9 Å². The average molecular weight is 281 g/mol. The van der Waals surface area contributed by atoms with Crippen LogP contribution >= 0.6 is 0 Å². The third-order valence-corrected chi connectivity index (χ3v) is 3.64. The summed E-state index contributed by atoms with van der Waals surface area (Å²) in [6.45, 7) is 1.75. The fourth-order valence-electron chi connectivity index (χ4n) is 2.36.